The van der Waals surface area contributed by atoms with Gasteiger partial charge in [0.1, 0.15) is 0 Å². The van der Waals surface area contributed by atoms with Crippen LogP contribution in [0.2, 0.25) is 0 Å². The highest BCUT2D eigenvalue weighted by Crippen LogP contribution is 2.41. The minimum Gasteiger partial charge on any atom is -0.378 e. The van der Waals surface area contributed by atoms with Crippen LogP contribution in [0.5, 0.6) is 0 Å². The van der Waals surface area contributed by atoms with Gasteiger partial charge in [-0.25, -0.2) is 0 Å². The monoisotopic (exact) mass is 316 g/mol. The number of rotatable bonds is 4. The lowest BCUT2D eigenvalue weighted by Gasteiger charge is -2.27. The lowest BCUT2D eigenvalue weighted by atomic mass is 10.0. The molecule has 1 aliphatic carbocycles. The summed E-state index contributed by atoms with van der Waals surface area (Å²) in [6, 6.07) is 7.91. The molecule has 0 spiro atoms. The summed E-state index contributed by atoms with van der Waals surface area (Å²) >= 11 is 0. The third-order valence-electron chi connectivity index (χ3n) is 4.61. The van der Waals surface area contributed by atoms with E-state index in [9.17, 15) is 9.59 Å². The Labute approximate surface area is 137 Å². The zero-order valence-electron chi connectivity index (χ0n) is 13.7. The molecule has 2 unspecified atom stereocenters. The van der Waals surface area contributed by atoms with Crippen LogP contribution in [0.3, 0.4) is 0 Å². The second-order valence-electron chi connectivity index (χ2n) is 6.65. The third-order valence-corrected chi connectivity index (χ3v) is 4.61. The number of hydrogen-bond donors (Lipinski definition) is 1. The van der Waals surface area contributed by atoms with Crippen LogP contribution >= 0.6 is 0 Å². The summed E-state index contributed by atoms with van der Waals surface area (Å²) in [4.78, 5) is 26.4. The molecule has 1 heterocycles. The van der Waals surface area contributed by atoms with Crippen molar-refractivity contribution in [3.63, 3.8) is 0 Å². The minimum absolute atomic E-state index is 0.0473. The van der Waals surface area contributed by atoms with Crippen LogP contribution in [-0.4, -0.2) is 43.0 Å². The summed E-state index contributed by atoms with van der Waals surface area (Å²) in [7, 11) is 0. The first-order valence-corrected chi connectivity index (χ1v) is 8.33. The Hall–Kier alpha value is -1.88. The van der Waals surface area contributed by atoms with Gasteiger partial charge in [-0.1, -0.05) is 26.0 Å². The molecule has 0 radical (unpaired) electrons. The van der Waals surface area contributed by atoms with Crippen LogP contribution in [0.25, 0.3) is 0 Å². The first kappa shape index (κ1) is 16.0. The number of nitrogens with one attached hydrogen (secondary N) is 1. The van der Waals surface area contributed by atoms with Gasteiger partial charge in [-0.15, -0.1) is 0 Å². The van der Waals surface area contributed by atoms with Gasteiger partial charge in [0.2, 0.25) is 11.8 Å². The highest BCUT2D eigenvalue weighted by Gasteiger charge is 2.49. The van der Waals surface area contributed by atoms with Crippen LogP contribution in [0.15, 0.2) is 24.3 Å². The summed E-state index contributed by atoms with van der Waals surface area (Å²) in [5, 5.41) is 2.92. The van der Waals surface area contributed by atoms with Gasteiger partial charge in [0.05, 0.1) is 25.0 Å². The van der Waals surface area contributed by atoms with E-state index in [0.717, 1.165) is 5.69 Å². The van der Waals surface area contributed by atoms with Gasteiger partial charge in [-0.2, -0.15) is 0 Å². The Kier molecular flexibility index (Phi) is 4.66. The number of nitrogens with zero attached hydrogens (tertiary/aromatic N) is 1. The standard InChI is InChI=1S/C18H24N2O3/c1-12(2)13-3-5-14(6-4-13)19-17(21)15-11-16(15)18(22)20-7-9-23-10-8-20/h3-6,12,15-16H,7-11H2,1-2H3,(H,19,21). The minimum atomic E-state index is -0.185. The second kappa shape index (κ2) is 6.71. The van der Waals surface area contributed by atoms with E-state index in [4.69, 9.17) is 4.74 Å². The number of carbonyl (C=O) groups is 2. The fraction of sp³-hybridized carbons (Fsp3) is 0.556. The van der Waals surface area contributed by atoms with Gasteiger partial charge >= 0.3 is 0 Å². The number of hydrogen-bond acceptors (Lipinski definition) is 3. The highest BCUT2D eigenvalue weighted by molar-refractivity contribution is 5.99. The van der Waals surface area contributed by atoms with Crippen LogP contribution in [0.1, 0.15) is 31.7 Å². The van der Waals surface area contributed by atoms with Gasteiger partial charge in [-0.05, 0) is 30.0 Å². The summed E-state index contributed by atoms with van der Waals surface area (Å²) in [6.07, 6.45) is 0.659. The maximum Gasteiger partial charge on any atom is 0.228 e. The number of amides is 2. The van der Waals surface area contributed by atoms with E-state index in [0.29, 0.717) is 38.6 Å². The van der Waals surface area contributed by atoms with Crippen LogP contribution in [0.4, 0.5) is 5.69 Å². The number of morpholine rings is 1. The van der Waals surface area contributed by atoms with E-state index in [-0.39, 0.29) is 23.7 Å². The van der Waals surface area contributed by atoms with Crippen LogP contribution in [0, 0.1) is 11.8 Å². The molecule has 5 heteroatoms. The van der Waals surface area contributed by atoms with Crippen molar-refractivity contribution in [3.8, 4) is 0 Å². The van der Waals surface area contributed by atoms with E-state index >= 15 is 0 Å². The third kappa shape index (κ3) is 3.72. The fourth-order valence-corrected chi connectivity index (χ4v) is 2.96. The molecular weight excluding hydrogens is 292 g/mol. The molecule has 1 saturated carbocycles. The molecule has 5 nitrogen and oxygen atoms in total. The topological polar surface area (TPSA) is 58.6 Å². The Morgan fingerprint density at radius 1 is 1.13 bits per heavy atom. The van der Waals surface area contributed by atoms with Crippen LogP contribution < -0.4 is 5.32 Å². The van der Waals surface area contributed by atoms with Gasteiger partial charge in [0, 0.05) is 18.8 Å². The van der Waals surface area contributed by atoms with Crippen molar-refractivity contribution in [1.29, 1.82) is 0 Å². The smallest absolute Gasteiger partial charge is 0.228 e. The quantitative estimate of drug-likeness (QED) is 0.927. The molecule has 2 amide bonds. The summed E-state index contributed by atoms with van der Waals surface area (Å²) in [5.74, 6) is 0.189. The van der Waals surface area contributed by atoms with Crippen LogP contribution in [-0.2, 0) is 14.3 Å². The zero-order valence-corrected chi connectivity index (χ0v) is 13.7. The van der Waals surface area contributed by atoms with Crippen molar-refractivity contribution in [3.05, 3.63) is 29.8 Å². The number of carbonyl (C=O) groups excluding carboxylic acids is 2. The predicted molar refractivity (Wildman–Crippen MR) is 88.2 cm³/mol. The molecule has 23 heavy (non-hydrogen) atoms. The predicted octanol–water partition coefficient (Wildman–Crippen LogP) is 2.24. The Balaban J connectivity index is 1.52. The molecule has 1 aliphatic heterocycles. The maximum atomic E-state index is 12.3. The Bertz CT molecular complexity index is 576. The molecule has 3 rings (SSSR count). The van der Waals surface area contributed by atoms with Gasteiger partial charge < -0.3 is 15.0 Å². The molecule has 124 valence electrons. The molecular formula is C18H24N2O3. The first-order valence-electron chi connectivity index (χ1n) is 8.33. The average molecular weight is 316 g/mol. The molecule has 1 aromatic carbocycles. The number of benzene rings is 1. The summed E-state index contributed by atoms with van der Waals surface area (Å²) in [6.45, 7) is 6.75. The number of ether oxygens (including phenoxy) is 1. The summed E-state index contributed by atoms with van der Waals surface area (Å²) < 4.78 is 5.26. The average Bonchev–Trinajstić information content (AvgIpc) is 3.36. The Morgan fingerprint density at radius 3 is 2.39 bits per heavy atom. The van der Waals surface area contributed by atoms with Crippen molar-refractivity contribution in [2.75, 3.05) is 31.6 Å². The normalized spacial score (nSPS) is 23.7. The lowest BCUT2D eigenvalue weighted by Crippen LogP contribution is -2.42. The van der Waals surface area contributed by atoms with E-state index in [2.05, 4.69) is 19.2 Å². The van der Waals surface area contributed by atoms with Crippen molar-refractivity contribution in [2.24, 2.45) is 11.8 Å². The van der Waals surface area contributed by atoms with E-state index in [1.807, 2.05) is 29.2 Å². The van der Waals surface area contributed by atoms with Gasteiger partial charge in [-0.3, -0.25) is 9.59 Å². The van der Waals surface area contributed by atoms with Crippen molar-refractivity contribution in [2.45, 2.75) is 26.2 Å². The fourth-order valence-electron chi connectivity index (χ4n) is 2.96. The molecule has 2 atom stereocenters. The lowest BCUT2D eigenvalue weighted by molar-refractivity contribution is -0.137. The molecule has 0 bridgehead atoms. The van der Waals surface area contributed by atoms with Gasteiger partial charge in [0.15, 0.2) is 0 Å². The summed E-state index contributed by atoms with van der Waals surface area (Å²) in [5.41, 5.74) is 2.04. The zero-order chi connectivity index (χ0) is 16.4. The Morgan fingerprint density at radius 2 is 1.78 bits per heavy atom. The molecule has 2 aliphatic rings. The molecule has 1 saturated heterocycles. The molecule has 1 aromatic rings. The van der Waals surface area contributed by atoms with Gasteiger partial charge in [0.25, 0.3) is 0 Å². The largest absolute Gasteiger partial charge is 0.378 e. The maximum absolute atomic E-state index is 12.3. The van der Waals surface area contributed by atoms with Crippen molar-refractivity contribution < 1.29 is 14.3 Å². The van der Waals surface area contributed by atoms with Crippen molar-refractivity contribution in [1.82, 2.24) is 4.90 Å². The van der Waals surface area contributed by atoms with E-state index < -0.39 is 0 Å². The second-order valence-corrected chi connectivity index (χ2v) is 6.65. The van der Waals surface area contributed by atoms with E-state index in [1.54, 1.807) is 0 Å². The number of anilines is 1. The molecule has 1 N–H and O–H groups in total. The highest BCUT2D eigenvalue weighted by atomic mass is 16.5. The van der Waals surface area contributed by atoms with E-state index in [1.165, 1.54) is 5.56 Å². The first-order chi connectivity index (χ1) is 11.1. The SMILES string of the molecule is CC(C)c1ccc(NC(=O)C2CC2C(=O)N2CCOCC2)cc1. The molecule has 2 fully saturated rings. The molecule has 0 aromatic heterocycles. The van der Waals surface area contributed by atoms with Crippen molar-refractivity contribution >= 4 is 17.5 Å².